The summed E-state index contributed by atoms with van der Waals surface area (Å²) >= 11 is 0. The van der Waals surface area contributed by atoms with Crippen LogP contribution in [0.15, 0.2) is 24.3 Å². The second-order valence-electron chi connectivity index (χ2n) is 4.67. The van der Waals surface area contributed by atoms with Crippen LogP contribution in [0.1, 0.15) is 42.6 Å². The Kier molecular flexibility index (Phi) is 6.56. The van der Waals surface area contributed by atoms with Crippen molar-refractivity contribution in [3.63, 3.8) is 0 Å². The highest BCUT2D eigenvalue weighted by molar-refractivity contribution is 5.87. The fourth-order valence-electron chi connectivity index (χ4n) is 1.86. The molecule has 0 unspecified atom stereocenters. The summed E-state index contributed by atoms with van der Waals surface area (Å²) in [6.07, 6.45) is 2.51. The van der Waals surface area contributed by atoms with Gasteiger partial charge in [-0.2, -0.15) is 0 Å². The molecule has 5 nitrogen and oxygen atoms in total. The van der Waals surface area contributed by atoms with Gasteiger partial charge in [-0.15, -0.1) is 0 Å². The summed E-state index contributed by atoms with van der Waals surface area (Å²) in [5, 5.41) is 14.5. The van der Waals surface area contributed by atoms with Gasteiger partial charge in [-0.3, -0.25) is 0 Å². The monoisotopic (exact) mass is 278 g/mol. The van der Waals surface area contributed by atoms with Crippen LogP contribution in [0.5, 0.6) is 0 Å². The van der Waals surface area contributed by atoms with E-state index in [1.165, 1.54) is 0 Å². The molecule has 3 N–H and O–H groups in total. The number of carbonyl (C=O) groups is 2. The minimum absolute atomic E-state index is 0.152. The third-order valence-electron chi connectivity index (χ3n) is 3.22. The first-order valence-electron chi connectivity index (χ1n) is 6.93. The highest BCUT2D eigenvalue weighted by atomic mass is 16.4. The maximum absolute atomic E-state index is 11.6. The van der Waals surface area contributed by atoms with Gasteiger partial charge in [0.05, 0.1) is 5.56 Å². The smallest absolute Gasteiger partial charge is 0.335 e. The molecule has 0 aliphatic carbocycles. The van der Waals surface area contributed by atoms with E-state index < -0.39 is 5.97 Å². The fraction of sp³-hybridized carbons (Fsp3) is 0.467. The first-order valence-corrected chi connectivity index (χ1v) is 6.93. The van der Waals surface area contributed by atoms with E-state index in [1.54, 1.807) is 24.3 Å². The van der Waals surface area contributed by atoms with Gasteiger partial charge in [-0.1, -0.05) is 26.0 Å². The molecule has 5 heteroatoms. The fourth-order valence-corrected chi connectivity index (χ4v) is 1.86. The number of carbonyl (C=O) groups excluding carboxylic acids is 1. The molecule has 110 valence electrons. The first kappa shape index (κ1) is 16.0. The molecule has 1 aromatic carbocycles. The molecule has 0 fully saturated rings. The first-order chi connectivity index (χ1) is 9.56. The van der Waals surface area contributed by atoms with Crippen molar-refractivity contribution in [2.45, 2.75) is 39.2 Å². The molecule has 20 heavy (non-hydrogen) atoms. The Bertz CT molecular complexity index is 439. The molecule has 0 aliphatic heterocycles. The molecule has 0 saturated heterocycles. The van der Waals surface area contributed by atoms with Crippen molar-refractivity contribution < 1.29 is 14.7 Å². The maximum Gasteiger partial charge on any atom is 0.335 e. The quantitative estimate of drug-likeness (QED) is 0.716. The largest absolute Gasteiger partial charge is 0.478 e. The van der Waals surface area contributed by atoms with E-state index in [4.69, 9.17) is 5.11 Å². The van der Waals surface area contributed by atoms with Gasteiger partial charge in [-0.05, 0) is 37.0 Å². The van der Waals surface area contributed by atoms with Crippen molar-refractivity contribution in [3.05, 3.63) is 35.4 Å². The zero-order valence-electron chi connectivity index (χ0n) is 12.0. The van der Waals surface area contributed by atoms with Gasteiger partial charge in [0.1, 0.15) is 0 Å². The zero-order valence-corrected chi connectivity index (χ0v) is 12.0. The Morgan fingerprint density at radius 1 is 1.15 bits per heavy atom. The van der Waals surface area contributed by atoms with Crippen LogP contribution in [0, 0.1) is 0 Å². The predicted molar refractivity (Wildman–Crippen MR) is 78.0 cm³/mol. The van der Waals surface area contributed by atoms with Crippen molar-refractivity contribution in [1.29, 1.82) is 0 Å². The minimum Gasteiger partial charge on any atom is -0.478 e. The highest BCUT2D eigenvalue weighted by Crippen LogP contribution is 2.04. The van der Waals surface area contributed by atoms with Crippen LogP contribution in [0.4, 0.5) is 4.79 Å². The van der Waals surface area contributed by atoms with Gasteiger partial charge < -0.3 is 15.7 Å². The third kappa shape index (κ3) is 5.30. The second-order valence-corrected chi connectivity index (χ2v) is 4.67. The highest BCUT2D eigenvalue weighted by Gasteiger charge is 2.07. The Labute approximate surface area is 119 Å². The number of benzene rings is 1. The van der Waals surface area contributed by atoms with Gasteiger partial charge >= 0.3 is 12.0 Å². The second kappa shape index (κ2) is 8.19. The average molecular weight is 278 g/mol. The van der Waals surface area contributed by atoms with Crippen LogP contribution in [0.2, 0.25) is 0 Å². The SMILES string of the molecule is CCC(CC)NC(=O)NCCc1ccc(C(=O)O)cc1. The topological polar surface area (TPSA) is 78.4 Å². The minimum atomic E-state index is -0.931. The van der Waals surface area contributed by atoms with Crippen molar-refractivity contribution in [2.75, 3.05) is 6.54 Å². The predicted octanol–water partition coefficient (Wildman–Crippen LogP) is 2.42. The molecular formula is C15H22N2O3. The molecule has 0 aliphatic rings. The van der Waals surface area contributed by atoms with Gasteiger partial charge in [-0.25, -0.2) is 9.59 Å². The number of hydrogen-bond acceptors (Lipinski definition) is 2. The van der Waals surface area contributed by atoms with Crippen LogP contribution >= 0.6 is 0 Å². The van der Waals surface area contributed by atoms with Crippen molar-refractivity contribution in [3.8, 4) is 0 Å². The molecule has 0 aromatic heterocycles. The van der Waals surface area contributed by atoms with Crippen LogP contribution in [0.3, 0.4) is 0 Å². The molecule has 0 atom stereocenters. The number of amides is 2. The van der Waals surface area contributed by atoms with Gasteiger partial charge in [0, 0.05) is 12.6 Å². The Morgan fingerprint density at radius 2 is 1.75 bits per heavy atom. The van der Waals surface area contributed by atoms with Crippen molar-refractivity contribution in [1.82, 2.24) is 10.6 Å². The van der Waals surface area contributed by atoms with E-state index in [-0.39, 0.29) is 17.6 Å². The molecule has 0 saturated carbocycles. The van der Waals surface area contributed by atoms with Gasteiger partial charge in [0.2, 0.25) is 0 Å². The van der Waals surface area contributed by atoms with E-state index in [0.29, 0.717) is 13.0 Å². The molecule has 1 aromatic rings. The van der Waals surface area contributed by atoms with Gasteiger partial charge in [0.25, 0.3) is 0 Å². The molecule has 0 spiro atoms. The van der Waals surface area contributed by atoms with E-state index in [9.17, 15) is 9.59 Å². The van der Waals surface area contributed by atoms with Crippen molar-refractivity contribution >= 4 is 12.0 Å². The molecule has 0 radical (unpaired) electrons. The van der Waals surface area contributed by atoms with Crippen LogP contribution in [-0.2, 0) is 6.42 Å². The maximum atomic E-state index is 11.6. The molecule has 0 heterocycles. The van der Waals surface area contributed by atoms with Crippen LogP contribution < -0.4 is 10.6 Å². The van der Waals surface area contributed by atoms with E-state index >= 15 is 0 Å². The number of carboxylic acids is 1. The molecule has 0 bridgehead atoms. The van der Waals surface area contributed by atoms with Crippen LogP contribution in [-0.4, -0.2) is 29.7 Å². The lowest BCUT2D eigenvalue weighted by Crippen LogP contribution is -2.42. The van der Waals surface area contributed by atoms with Crippen LogP contribution in [0.25, 0.3) is 0 Å². The van der Waals surface area contributed by atoms with E-state index in [0.717, 1.165) is 18.4 Å². The normalized spacial score (nSPS) is 10.3. The summed E-state index contributed by atoms with van der Waals surface area (Å²) in [5.41, 5.74) is 1.27. The summed E-state index contributed by atoms with van der Waals surface area (Å²) in [4.78, 5) is 22.3. The number of carboxylic acid groups (broad SMARTS) is 1. The standard InChI is InChI=1S/C15H22N2O3/c1-3-13(4-2)17-15(20)16-10-9-11-5-7-12(8-6-11)14(18)19/h5-8,13H,3-4,9-10H2,1-2H3,(H,18,19)(H2,16,17,20). The number of urea groups is 1. The third-order valence-corrected chi connectivity index (χ3v) is 3.22. The summed E-state index contributed by atoms with van der Waals surface area (Å²) in [6.45, 7) is 4.61. The Morgan fingerprint density at radius 3 is 2.25 bits per heavy atom. The summed E-state index contributed by atoms with van der Waals surface area (Å²) in [5.74, 6) is -0.931. The summed E-state index contributed by atoms with van der Waals surface area (Å²) in [7, 11) is 0. The number of hydrogen-bond donors (Lipinski definition) is 3. The number of aromatic carboxylic acids is 1. The van der Waals surface area contributed by atoms with Crippen molar-refractivity contribution in [2.24, 2.45) is 0 Å². The molecular weight excluding hydrogens is 256 g/mol. The average Bonchev–Trinajstić information content (AvgIpc) is 2.45. The zero-order chi connectivity index (χ0) is 15.0. The molecule has 1 rings (SSSR count). The van der Waals surface area contributed by atoms with E-state index in [1.807, 2.05) is 13.8 Å². The number of rotatable bonds is 7. The van der Waals surface area contributed by atoms with E-state index in [2.05, 4.69) is 10.6 Å². The Balaban J connectivity index is 2.33. The van der Waals surface area contributed by atoms with Gasteiger partial charge in [0.15, 0.2) is 0 Å². The lowest BCUT2D eigenvalue weighted by atomic mass is 10.1. The lowest BCUT2D eigenvalue weighted by Gasteiger charge is -2.15. The summed E-state index contributed by atoms with van der Waals surface area (Å²) < 4.78 is 0. The Hall–Kier alpha value is -2.04. The lowest BCUT2D eigenvalue weighted by molar-refractivity contribution is 0.0697. The number of nitrogens with one attached hydrogen (secondary N) is 2. The molecule has 2 amide bonds. The summed E-state index contributed by atoms with van der Waals surface area (Å²) in [6, 6.07) is 6.74.